The monoisotopic (exact) mass is 396 g/mol. The van der Waals surface area contributed by atoms with E-state index in [1.165, 1.54) is 24.5 Å². The molecule has 28 heavy (non-hydrogen) atoms. The molecule has 0 unspecified atom stereocenters. The van der Waals surface area contributed by atoms with Gasteiger partial charge in [0.1, 0.15) is 0 Å². The fraction of sp³-hybridized carbons (Fsp3) is 0.150. The van der Waals surface area contributed by atoms with Crippen molar-refractivity contribution < 1.29 is 13.2 Å². The largest absolute Gasteiger partial charge is 0.326 e. The van der Waals surface area contributed by atoms with E-state index >= 15 is 0 Å². The fourth-order valence-corrected chi connectivity index (χ4v) is 3.58. The molecule has 8 heteroatoms. The number of aryl methyl sites for hydroxylation is 2. The van der Waals surface area contributed by atoms with Gasteiger partial charge in [0, 0.05) is 18.1 Å². The molecule has 7 nitrogen and oxygen atoms in total. The van der Waals surface area contributed by atoms with Crippen molar-refractivity contribution in [3.63, 3.8) is 0 Å². The van der Waals surface area contributed by atoms with E-state index in [0.29, 0.717) is 5.69 Å². The minimum absolute atomic E-state index is 0.00611. The summed E-state index contributed by atoms with van der Waals surface area (Å²) in [7, 11) is -3.81. The molecule has 1 heterocycles. The first kappa shape index (κ1) is 19.5. The first-order valence-corrected chi connectivity index (χ1v) is 10.1. The standard InChI is InChI=1S/C20H20N4O3S/c1-14-4-5-15(2)16(12-14)13-19(25)23-17-6-8-18(9-7-17)28(26,27)24-20-21-10-3-11-22-20/h3-12H,13H2,1-2H3,(H,23,25)(H,21,22,24). The SMILES string of the molecule is Cc1ccc(C)c(CC(=O)Nc2ccc(S(=O)(=O)Nc3ncccn3)cc2)c1. The van der Waals surface area contributed by atoms with E-state index in [-0.39, 0.29) is 23.2 Å². The number of nitrogens with one attached hydrogen (secondary N) is 2. The molecule has 2 N–H and O–H groups in total. The Kier molecular flexibility index (Phi) is 5.70. The maximum Gasteiger partial charge on any atom is 0.264 e. The van der Waals surface area contributed by atoms with Crippen LogP contribution in [0, 0.1) is 13.8 Å². The zero-order valence-electron chi connectivity index (χ0n) is 15.5. The second-order valence-electron chi connectivity index (χ2n) is 6.36. The predicted octanol–water partition coefficient (Wildman–Crippen LogP) is 3.08. The average Bonchev–Trinajstić information content (AvgIpc) is 2.65. The zero-order valence-corrected chi connectivity index (χ0v) is 16.3. The summed E-state index contributed by atoms with van der Waals surface area (Å²) in [6.07, 6.45) is 3.14. The van der Waals surface area contributed by atoms with Crippen LogP contribution in [0.15, 0.2) is 65.8 Å². The summed E-state index contributed by atoms with van der Waals surface area (Å²) in [5, 5.41) is 2.79. The summed E-state index contributed by atoms with van der Waals surface area (Å²) < 4.78 is 27.0. The van der Waals surface area contributed by atoms with Crippen LogP contribution in [0.1, 0.15) is 16.7 Å². The van der Waals surface area contributed by atoms with Crippen molar-refractivity contribution in [3.05, 3.63) is 77.6 Å². The first-order valence-electron chi connectivity index (χ1n) is 8.59. The van der Waals surface area contributed by atoms with Crippen LogP contribution in [0.2, 0.25) is 0 Å². The van der Waals surface area contributed by atoms with Crippen LogP contribution < -0.4 is 10.0 Å². The van der Waals surface area contributed by atoms with Crippen LogP contribution in [0.3, 0.4) is 0 Å². The van der Waals surface area contributed by atoms with Gasteiger partial charge in [-0.3, -0.25) is 4.79 Å². The van der Waals surface area contributed by atoms with Gasteiger partial charge in [-0.1, -0.05) is 23.8 Å². The Bertz CT molecular complexity index is 1080. The third-order valence-electron chi connectivity index (χ3n) is 4.10. The van der Waals surface area contributed by atoms with Gasteiger partial charge in [0.05, 0.1) is 11.3 Å². The normalized spacial score (nSPS) is 11.1. The molecule has 0 bridgehead atoms. The number of sulfonamides is 1. The van der Waals surface area contributed by atoms with E-state index in [4.69, 9.17) is 0 Å². The highest BCUT2D eigenvalue weighted by molar-refractivity contribution is 7.92. The molecule has 3 rings (SSSR count). The summed E-state index contributed by atoms with van der Waals surface area (Å²) in [4.78, 5) is 20.0. The Labute approximate surface area is 163 Å². The smallest absolute Gasteiger partial charge is 0.264 e. The second kappa shape index (κ2) is 8.18. The number of carbonyl (C=O) groups excluding carboxylic acids is 1. The van der Waals surface area contributed by atoms with Crippen LogP contribution >= 0.6 is 0 Å². The topological polar surface area (TPSA) is 101 Å². The highest BCUT2D eigenvalue weighted by Crippen LogP contribution is 2.17. The summed E-state index contributed by atoms with van der Waals surface area (Å²) >= 11 is 0. The lowest BCUT2D eigenvalue weighted by molar-refractivity contribution is -0.115. The molecule has 2 aromatic carbocycles. The van der Waals surface area contributed by atoms with Gasteiger partial charge in [-0.05, 0) is 55.3 Å². The second-order valence-corrected chi connectivity index (χ2v) is 8.04. The van der Waals surface area contributed by atoms with Gasteiger partial charge in [-0.2, -0.15) is 0 Å². The van der Waals surface area contributed by atoms with Crippen LogP contribution in [0.25, 0.3) is 0 Å². The molecule has 0 spiro atoms. The molecule has 0 aliphatic rings. The molecule has 3 aromatic rings. The van der Waals surface area contributed by atoms with Gasteiger partial charge >= 0.3 is 0 Å². The Morgan fingerprint density at radius 2 is 1.68 bits per heavy atom. The molecule has 0 atom stereocenters. The molecule has 0 fully saturated rings. The van der Waals surface area contributed by atoms with Gasteiger partial charge in [-0.15, -0.1) is 0 Å². The average molecular weight is 396 g/mol. The highest BCUT2D eigenvalue weighted by Gasteiger charge is 2.15. The van der Waals surface area contributed by atoms with E-state index in [1.807, 2.05) is 32.0 Å². The fourth-order valence-electron chi connectivity index (χ4n) is 2.62. The lowest BCUT2D eigenvalue weighted by Crippen LogP contribution is -2.16. The van der Waals surface area contributed by atoms with E-state index in [9.17, 15) is 13.2 Å². The first-order chi connectivity index (χ1) is 13.3. The minimum atomic E-state index is -3.81. The van der Waals surface area contributed by atoms with Gasteiger partial charge in [0.15, 0.2) is 0 Å². The highest BCUT2D eigenvalue weighted by atomic mass is 32.2. The molecular weight excluding hydrogens is 376 g/mol. The van der Waals surface area contributed by atoms with Crippen molar-refractivity contribution in [2.45, 2.75) is 25.2 Å². The molecule has 144 valence electrons. The number of hydrogen-bond donors (Lipinski definition) is 2. The maximum atomic E-state index is 12.4. The summed E-state index contributed by atoms with van der Waals surface area (Å²) in [5.74, 6) is -0.173. The van der Waals surface area contributed by atoms with E-state index in [1.54, 1.807) is 18.2 Å². The molecule has 1 amide bonds. The lowest BCUT2D eigenvalue weighted by atomic mass is 10.0. The van der Waals surface area contributed by atoms with Crippen LogP contribution in [-0.2, 0) is 21.2 Å². The number of benzene rings is 2. The molecule has 0 saturated carbocycles. The van der Waals surface area contributed by atoms with Crippen molar-refractivity contribution in [3.8, 4) is 0 Å². The maximum absolute atomic E-state index is 12.4. The van der Waals surface area contributed by atoms with Crippen molar-refractivity contribution in [1.82, 2.24) is 9.97 Å². The number of amides is 1. The Balaban J connectivity index is 1.67. The molecule has 0 radical (unpaired) electrons. The lowest BCUT2D eigenvalue weighted by Gasteiger charge is -2.10. The molecule has 0 saturated heterocycles. The van der Waals surface area contributed by atoms with Crippen molar-refractivity contribution in [2.24, 2.45) is 0 Å². The van der Waals surface area contributed by atoms with E-state index in [2.05, 4.69) is 20.0 Å². The van der Waals surface area contributed by atoms with Gasteiger partial charge < -0.3 is 5.32 Å². The van der Waals surface area contributed by atoms with E-state index in [0.717, 1.165) is 16.7 Å². The van der Waals surface area contributed by atoms with Gasteiger partial charge in [0.25, 0.3) is 10.0 Å². The Hall–Kier alpha value is -3.26. The molecule has 1 aromatic heterocycles. The Morgan fingerprint density at radius 1 is 1.00 bits per heavy atom. The summed E-state index contributed by atoms with van der Waals surface area (Å²) in [6, 6.07) is 13.5. The third-order valence-corrected chi connectivity index (χ3v) is 5.44. The van der Waals surface area contributed by atoms with Crippen LogP contribution in [0.4, 0.5) is 11.6 Å². The number of nitrogens with zero attached hydrogens (tertiary/aromatic N) is 2. The summed E-state index contributed by atoms with van der Waals surface area (Å²) in [5.41, 5.74) is 3.63. The Morgan fingerprint density at radius 3 is 2.36 bits per heavy atom. The van der Waals surface area contributed by atoms with Crippen LogP contribution in [-0.4, -0.2) is 24.3 Å². The van der Waals surface area contributed by atoms with Gasteiger partial charge in [-0.25, -0.2) is 23.1 Å². The number of aromatic nitrogens is 2. The molecule has 0 aliphatic carbocycles. The van der Waals surface area contributed by atoms with Gasteiger partial charge in [0.2, 0.25) is 11.9 Å². The quantitative estimate of drug-likeness (QED) is 0.667. The zero-order chi connectivity index (χ0) is 20.1. The number of carbonyl (C=O) groups is 1. The van der Waals surface area contributed by atoms with Crippen LogP contribution in [0.5, 0.6) is 0 Å². The number of rotatable bonds is 6. The molecule has 0 aliphatic heterocycles. The summed E-state index contributed by atoms with van der Waals surface area (Å²) in [6.45, 7) is 3.94. The van der Waals surface area contributed by atoms with Crippen molar-refractivity contribution >= 4 is 27.6 Å². The number of hydrogen-bond acceptors (Lipinski definition) is 5. The predicted molar refractivity (Wildman–Crippen MR) is 108 cm³/mol. The third kappa shape index (κ3) is 4.92. The number of anilines is 2. The van der Waals surface area contributed by atoms with Crippen molar-refractivity contribution in [2.75, 3.05) is 10.0 Å². The minimum Gasteiger partial charge on any atom is -0.326 e. The van der Waals surface area contributed by atoms with Crippen molar-refractivity contribution in [1.29, 1.82) is 0 Å². The van der Waals surface area contributed by atoms with E-state index < -0.39 is 10.0 Å². The molecular formula is C20H20N4O3S.